The van der Waals surface area contributed by atoms with Crippen molar-refractivity contribution in [1.29, 1.82) is 0 Å². The van der Waals surface area contributed by atoms with Crippen molar-refractivity contribution in [3.63, 3.8) is 0 Å². The van der Waals surface area contributed by atoms with Gasteiger partial charge in [0, 0.05) is 18.8 Å². The number of aromatic nitrogens is 1. The van der Waals surface area contributed by atoms with Crippen LogP contribution in [0, 0.1) is 6.92 Å². The Morgan fingerprint density at radius 2 is 1.90 bits per heavy atom. The fourth-order valence-corrected chi connectivity index (χ4v) is 3.91. The zero-order chi connectivity index (χ0) is 21.1. The second-order valence-electron chi connectivity index (χ2n) is 6.80. The van der Waals surface area contributed by atoms with Crippen LogP contribution in [0.3, 0.4) is 0 Å². The Kier molecular flexibility index (Phi) is 6.07. The SMILES string of the molecule is CCCCN1C(=O)C(=O)N(Cc2csc(N(C(C)=O)c3cccc(C)c3)n2)C1=O. The summed E-state index contributed by atoms with van der Waals surface area (Å²) in [4.78, 5) is 56.8. The average Bonchev–Trinajstić information content (AvgIpc) is 3.20. The third-order valence-corrected chi connectivity index (χ3v) is 5.37. The number of unbranched alkanes of at least 4 members (excludes halogenated alkanes) is 1. The second kappa shape index (κ2) is 8.52. The third-order valence-electron chi connectivity index (χ3n) is 4.50. The van der Waals surface area contributed by atoms with Crippen molar-refractivity contribution < 1.29 is 19.2 Å². The van der Waals surface area contributed by atoms with Gasteiger partial charge in [0.1, 0.15) is 0 Å². The molecular weight excluding hydrogens is 392 g/mol. The predicted octanol–water partition coefficient (Wildman–Crippen LogP) is 3.23. The topological polar surface area (TPSA) is 90.9 Å². The zero-order valence-corrected chi connectivity index (χ0v) is 17.4. The van der Waals surface area contributed by atoms with Gasteiger partial charge in [-0.1, -0.05) is 25.5 Å². The molecule has 8 nitrogen and oxygen atoms in total. The first kappa shape index (κ1) is 20.7. The van der Waals surface area contributed by atoms with Gasteiger partial charge in [0.15, 0.2) is 5.13 Å². The molecule has 0 atom stereocenters. The Bertz CT molecular complexity index is 971. The molecule has 5 amide bonds. The summed E-state index contributed by atoms with van der Waals surface area (Å²) < 4.78 is 0. The zero-order valence-electron chi connectivity index (χ0n) is 16.5. The van der Waals surface area contributed by atoms with Crippen LogP contribution in [0.2, 0.25) is 0 Å². The number of carbonyl (C=O) groups excluding carboxylic acids is 4. The smallest absolute Gasteiger partial charge is 0.274 e. The molecule has 29 heavy (non-hydrogen) atoms. The number of benzene rings is 1. The number of carbonyl (C=O) groups is 4. The van der Waals surface area contributed by atoms with Crippen LogP contribution in [0.5, 0.6) is 0 Å². The molecule has 0 aliphatic carbocycles. The van der Waals surface area contributed by atoms with Crippen LogP contribution in [0.1, 0.15) is 37.9 Å². The predicted molar refractivity (Wildman–Crippen MR) is 109 cm³/mol. The Hall–Kier alpha value is -3.07. The monoisotopic (exact) mass is 414 g/mol. The largest absolute Gasteiger partial charge is 0.334 e. The van der Waals surface area contributed by atoms with Gasteiger partial charge in [-0.15, -0.1) is 11.3 Å². The Balaban J connectivity index is 1.81. The number of aryl methyl sites for hydroxylation is 1. The molecule has 152 valence electrons. The van der Waals surface area contributed by atoms with Gasteiger partial charge in [-0.05, 0) is 31.0 Å². The molecule has 0 saturated carbocycles. The van der Waals surface area contributed by atoms with E-state index in [1.165, 1.54) is 23.2 Å². The lowest BCUT2D eigenvalue weighted by atomic mass is 10.2. The van der Waals surface area contributed by atoms with Gasteiger partial charge >= 0.3 is 17.8 Å². The summed E-state index contributed by atoms with van der Waals surface area (Å²) >= 11 is 1.23. The maximum absolute atomic E-state index is 12.5. The fraction of sp³-hybridized carbons (Fsp3) is 0.350. The van der Waals surface area contributed by atoms with Crippen molar-refractivity contribution in [3.05, 3.63) is 40.9 Å². The molecule has 0 spiro atoms. The first-order chi connectivity index (χ1) is 13.8. The fourth-order valence-electron chi connectivity index (χ4n) is 3.03. The average molecular weight is 414 g/mol. The van der Waals surface area contributed by atoms with Gasteiger partial charge in [-0.2, -0.15) is 0 Å². The van der Waals surface area contributed by atoms with Crippen molar-refractivity contribution >= 4 is 45.9 Å². The summed E-state index contributed by atoms with van der Waals surface area (Å²) in [7, 11) is 0. The Morgan fingerprint density at radius 1 is 1.17 bits per heavy atom. The highest BCUT2D eigenvalue weighted by Gasteiger charge is 2.44. The van der Waals surface area contributed by atoms with E-state index in [9.17, 15) is 19.2 Å². The van der Waals surface area contributed by atoms with Gasteiger partial charge in [0.2, 0.25) is 5.91 Å². The Labute approximate surface area is 172 Å². The van der Waals surface area contributed by atoms with E-state index in [0.717, 1.165) is 21.8 Å². The van der Waals surface area contributed by atoms with E-state index in [1.54, 1.807) is 5.38 Å². The van der Waals surface area contributed by atoms with Gasteiger partial charge in [0.25, 0.3) is 0 Å². The first-order valence-corrected chi connectivity index (χ1v) is 10.2. The van der Waals surface area contributed by atoms with Gasteiger partial charge in [-0.3, -0.25) is 24.2 Å². The Morgan fingerprint density at radius 3 is 2.55 bits per heavy atom. The van der Waals surface area contributed by atoms with Crippen LogP contribution in [0.15, 0.2) is 29.6 Å². The summed E-state index contributed by atoms with van der Waals surface area (Å²) in [6.07, 6.45) is 1.45. The van der Waals surface area contributed by atoms with Crippen molar-refractivity contribution in [2.24, 2.45) is 0 Å². The van der Waals surface area contributed by atoms with Crippen LogP contribution in [-0.4, -0.2) is 45.1 Å². The van der Waals surface area contributed by atoms with Crippen molar-refractivity contribution in [2.75, 3.05) is 11.4 Å². The number of thiazole rings is 1. The van der Waals surface area contributed by atoms with Crippen molar-refractivity contribution in [3.8, 4) is 0 Å². The summed E-state index contributed by atoms with van der Waals surface area (Å²) in [5.41, 5.74) is 2.13. The van der Waals surface area contributed by atoms with Crippen LogP contribution in [-0.2, 0) is 20.9 Å². The lowest BCUT2D eigenvalue weighted by Gasteiger charge is -2.18. The van der Waals surface area contributed by atoms with E-state index >= 15 is 0 Å². The first-order valence-electron chi connectivity index (χ1n) is 9.32. The lowest BCUT2D eigenvalue weighted by Crippen LogP contribution is -2.33. The molecule has 9 heteroatoms. The number of amides is 5. The number of hydrogen-bond acceptors (Lipinski definition) is 6. The summed E-state index contributed by atoms with van der Waals surface area (Å²) in [5, 5.41) is 2.12. The molecule has 2 heterocycles. The normalized spacial score (nSPS) is 14.1. The summed E-state index contributed by atoms with van der Waals surface area (Å²) in [6.45, 7) is 5.44. The number of nitrogens with zero attached hydrogens (tertiary/aromatic N) is 4. The van der Waals surface area contributed by atoms with E-state index in [0.29, 0.717) is 22.9 Å². The number of urea groups is 1. The quantitative estimate of drug-likeness (QED) is 0.512. The number of rotatable bonds is 7. The standard InChI is InChI=1S/C20H22N4O4S/c1-4-5-9-22-17(26)18(27)23(20(22)28)11-15-12-29-19(21-15)24(14(3)25)16-8-6-7-13(2)10-16/h6-8,10,12H,4-5,9,11H2,1-3H3. The van der Waals surface area contributed by atoms with Crippen LogP contribution in [0.4, 0.5) is 15.6 Å². The molecular formula is C20H22N4O4S. The summed E-state index contributed by atoms with van der Waals surface area (Å²) in [5.74, 6) is -1.85. The minimum atomic E-state index is -0.845. The van der Waals surface area contributed by atoms with E-state index in [1.807, 2.05) is 38.1 Å². The molecule has 2 aromatic rings. The van der Waals surface area contributed by atoms with Crippen LogP contribution < -0.4 is 4.90 Å². The molecule has 1 saturated heterocycles. The molecule has 1 aliphatic heterocycles. The van der Waals surface area contributed by atoms with Gasteiger partial charge < -0.3 is 0 Å². The van der Waals surface area contributed by atoms with Crippen LogP contribution >= 0.6 is 11.3 Å². The molecule has 0 unspecified atom stereocenters. The molecule has 1 aliphatic rings. The van der Waals surface area contributed by atoms with E-state index in [4.69, 9.17) is 0 Å². The van der Waals surface area contributed by atoms with Gasteiger partial charge in [0.05, 0.1) is 17.9 Å². The third kappa shape index (κ3) is 4.19. The maximum atomic E-state index is 12.5. The van der Waals surface area contributed by atoms with E-state index < -0.39 is 17.8 Å². The molecule has 1 aromatic heterocycles. The highest BCUT2D eigenvalue weighted by atomic mass is 32.1. The van der Waals surface area contributed by atoms with Crippen molar-refractivity contribution in [1.82, 2.24) is 14.8 Å². The number of imide groups is 2. The lowest BCUT2D eigenvalue weighted by molar-refractivity contribution is -0.143. The minimum absolute atomic E-state index is 0.109. The highest BCUT2D eigenvalue weighted by molar-refractivity contribution is 7.14. The minimum Gasteiger partial charge on any atom is -0.274 e. The highest BCUT2D eigenvalue weighted by Crippen LogP contribution is 2.30. The maximum Gasteiger partial charge on any atom is 0.334 e. The molecule has 3 rings (SSSR count). The van der Waals surface area contributed by atoms with Gasteiger partial charge in [-0.25, -0.2) is 14.7 Å². The van der Waals surface area contributed by atoms with Crippen molar-refractivity contribution in [2.45, 2.75) is 40.2 Å². The van der Waals surface area contributed by atoms with E-state index in [2.05, 4.69) is 4.98 Å². The second-order valence-corrected chi connectivity index (χ2v) is 7.64. The number of anilines is 2. The molecule has 0 radical (unpaired) electrons. The molecule has 0 bridgehead atoms. The molecule has 1 fully saturated rings. The molecule has 1 aromatic carbocycles. The van der Waals surface area contributed by atoms with E-state index in [-0.39, 0.29) is 19.0 Å². The summed E-state index contributed by atoms with van der Waals surface area (Å²) in [6, 6.07) is 6.85. The molecule has 0 N–H and O–H groups in total. The van der Waals surface area contributed by atoms with Crippen LogP contribution in [0.25, 0.3) is 0 Å². The number of hydrogen-bond donors (Lipinski definition) is 0.